The van der Waals surface area contributed by atoms with Gasteiger partial charge < -0.3 is 10.5 Å². The molecule has 2 aliphatic carbocycles. The van der Waals surface area contributed by atoms with Gasteiger partial charge >= 0.3 is 0 Å². The Morgan fingerprint density at radius 1 is 1.19 bits per heavy atom. The summed E-state index contributed by atoms with van der Waals surface area (Å²) in [6.07, 6.45) is 4.53. The molecule has 0 aliphatic heterocycles. The van der Waals surface area contributed by atoms with Crippen LogP contribution in [0.3, 0.4) is 0 Å². The van der Waals surface area contributed by atoms with E-state index in [0.29, 0.717) is 30.7 Å². The van der Waals surface area contributed by atoms with Crippen LogP contribution >= 0.6 is 0 Å². The molecule has 0 spiro atoms. The molecule has 0 bridgehead atoms. The van der Waals surface area contributed by atoms with Crippen molar-refractivity contribution in [2.45, 2.75) is 30.6 Å². The van der Waals surface area contributed by atoms with E-state index < -0.39 is 10.0 Å². The monoisotopic (exact) mass is 310 g/mol. The van der Waals surface area contributed by atoms with Crippen molar-refractivity contribution in [3.05, 3.63) is 18.2 Å². The number of rotatable bonds is 7. The molecule has 0 radical (unpaired) electrons. The summed E-state index contributed by atoms with van der Waals surface area (Å²) in [6, 6.07) is 4.77. The molecule has 21 heavy (non-hydrogen) atoms. The molecule has 6 heteroatoms. The lowest BCUT2D eigenvalue weighted by atomic mass is 10.3. The number of anilines is 1. The Labute approximate surface area is 126 Å². The average Bonchev–Trinajstić information content (AvgIpc) is 3.32. The molecular weight excluding hydrogens is 288 g/mol. The first-order chi connectivity index (χ1) is 10.0. The number of hydrogen-bond donors (Lipinski definition) is 1. The van der Waals surface area contributed by atoms with Gasteiger partial charge in [-0.1, -0.05) is 0 Å². The summed E-state index contributed by atoms with van der Waals surface area (Å²) in [6.45, 7) is 1.26. The zero-order valence-corrected chi connectivity index (χ0v) is 13.1. The first-order valence-corrected chi connectivity index (χ1v) is 8.88. The Balaban J connectivity index is 1.87. The Bertz CT molecular complexity index is 608. The largest absolute Gasteiger partial charge is 0.497 e. The summed E-state index contributed by atoms with van der Waals surface area (Å²) in [5, 5.41) is 0. The van der Waals surface area contributed by atoms with Crippen molar-refractivity contribution in [3.63, 3.8) is 0 Å². The summed E-state index contributed by atoms with van der Waals surface area (Å²) in [7, 11) is -1.98. The van der Waals surface area contributed by atoms with Gasteiger partial charge in [0.2, 0.25) is 10.0 Å². The van der Waals surface area contributed by atoms with Crippen LogP contribution in [0.15, 0.2) is 23.1 Å². The number of ether oxygens (including phenoxy) is 1. The minimum absolute atomic E-state index is 0.199. The molecule has 2 aliphatic rings. The number of benzene rings is 1. The van der Waals surface area contributed by atoms with Crippen LogP contribution in [-0.4, -0.2) is 32.9 Å². The Morgan fingerprint density at radius 3 is 2.19 bits per heavy atom. The van der Waals surface area contributed by atoms with E-state index >= 15 is 0 Å². The molecule has 2 saturated carbocycles. The first-order valence-electron chi connectivity index (χ1n) is 7.44. The highest BCUT2D eigenvalue weighted by atomic mass is 32.2. The van der Waals surface area contributed by atoms with Crippen LogP contribution in [0, 0.1) is 11.8 Å². The quantitative estimate of drug-likeness (QED) is 0.783. The van der Waals surface area contributed by atoms with Crippen LogP contribution in [-0.2, 0) is 10.0 Å². The molecule has 2 fully saturated rings. The van der Waals surface area contributed by atoms with Gasteiger partial charge in [0.1, 0.15) is 10.6 Å². The lowest BCUT2D eigenvalue weighted by Crippen LogP contribution is -2.35. The van der Waals surface area contributed by atoms with Crippen LogP contribution in [0.5, 0.6) is 5.75 Å². The minimum Gasteiger partial charge on any atom is -0.497 e. The van der Waals surface area contributed by atoms with Crippen molar-refractivity contribution < 1.29 is 13.2 Å². The van der Waals surface area contributed by atoms with E-state index in [1.807, 2.05) is 0 Å². The normalized spacial score (nSPS) is 19.0. The lowest BCUT2D eigenvalue weighted by molar-refractivity contribution is 0.382. The van der Waals surface area contributed by atoms with E-state index in [1.165, 1.54) is 7.11 Å². The smallest absolute Gasteiger partial charge is 0.245 e. The first kappa shape index (κ1) is 14.7. The summed E-state index contributed by atoms with van der Waals surface area (Å²) < 4.78 is 32.5. The second-order valence-electron chi connectivity index (χ2n) is 6.11. The molecule has 1 aromatic rings. The van der Waals surface area contributed by atoms with Crippen LogP contribution in [0.1, 0.15) is 25.7 Å². The average molecular weight is 310 g/mol. The van der Waals surface area contributed by atoms with Crippen LogP contribution < -0.4 is 10.5 Å². The molecule has 2 N–H and O–H groups in total. The Hall–Kier alpha value is -1.27. The van der Waals surface area contributed by atoms with Gasteiger partial charge in [0.25, 0.3) is 0 Å². The van der Waals surface area contributed by atoms with Crippen LogP contribution in [0.4, 0.5) is 5.69 Å². The van der Waals surface area contributed by atoms with Gasteiger partial charge in [0, 0.05) is 19.2 Å². The molecule has 0 aromatic heterocycles. The van der Waals surface area contributed by atoms with Gasteiger partial charge in [-0.05, 0) is 49.7 Å². The SMILES string of the molecule is COc1ccc(S(=O)(=O)N(CC2CC2)CC2CC2)c(N)c1. The zero-order valence-electron chi connectivity index (χ0n) is 12.3. The fourth-order valence-electron chi connectivity index (χ4n) is 2.48. The Kier molecular flexibility index (Phi) is 3.84. The van der Waals surface area contributed by atoms with E-state index in [9.17, 15) is 8.42 Å². The number of nitrogen functional groups attached to an aromatic ring is 1. The van der Waals surface area contributed by atoms with Gasteiger partial charge in [-0.25, -0.2) is 8.42 Å². The molecule has 3 rings (SSSR count). The highest BCUT2D eigenvalue weighted by Crippen LogP contribution is 2.37. The fraction of sp³-hybridized carbons (Fsp3) is 0.600. The van der Waals surface area contributed by atoms with E-state index in [2.05, 4.69) is 0 Å². The zero-order chi connectivity index (χ0) is 15.0. The maximum atomic E-state index is 12.9. The summed E-state index contributed by atoms with van der Waals surface area (Å²) in [4.78, 5) is 0.199. The number of methoxy groups -OCH3 is 1. The van der Waals surface area contributed by atoms with Gasteiger partial charge in [-0.2, -0.15) is 4.31 Å². The molecule has 0 heterocycles. The predicted octanol–water partition coefficient (Wildman–Crippen LogP) is 2.09. The van der Waals surface area contributed by atoms with Crippen molar-refractivity contribution in [2.75, 3.05) is 25.9 Å². The summed E-state index contributed by atoms with van der Waals surface area (Å²) in [5.41, 5.74) is 6.18. The van der Waals surface area contributed by atoms with E-state index in [-0.39, 0.29) is 10.6 Å². The second-order valence-corrected chi connectivity index (χ2v) is 8.02. The molecule has 1 aromatic carbocycles. The molecule has 0 atom stereocenters. The van der Waals surface area contributed by atoms with E-state index in [4.69, 9.17) is 10.5 Å². The van der Waals surface area contributed by atoms with Crippen LogP contribution in [0.25, 0.3) is 0 Å². The Morgan fingerprint density at radius 2 is 1.76 bits per heavy atom. The maximum Gasteiger partial charge on any atom is 0.245 e. The van der Waals surface area contributed by atoms with Crippen molar-refractivity contribution >= 4 is 15.7 Å². The van der Waals surface area contributed by atoms with Crippen molar-refractivity contribution in [1.82, 2.24) is 4.31 Å². The number of nitrogens with zero attached hydrogens (tertiary/aromatic N) is 1. The second kappa shape index (κ2) is 5.50. The molecule has 0 amide bonds. The molecule has 0 unspecified atom stereocenters. The van der Waals surface area contributed by atoms with Crippen molar-refractivity contribution in [3.8, 4) is 5.75 Å². The fourth-order valence-corrected chi connectivity index (χ4v) is 4.16. The number of hydrogen-bond acceptors (Lipinski definition) is 4. The highest BCUT2D eigenvalue weighted by Gasteiger charge is 2.36. The number of nitrogens with two attached hydrogens (primary N) is 1. The minimum atomic E-state index is -3.51. The van der Waals surface area contributed by atoms with Gasteiger partial charge in [0.05, 0.1) is 12.8 Å². The van der Waals surface area contributed by atoms with Crippen LogP contribution in [0.2, 0.25) is 0 Å². The molecule has 5 nitrogen and oxygen atoms in total. The standard InChI is InChI=1S/C15H22N2O3S/c1-20-13-6-7-15(14(16)8-13)21(18,19)17(9-11-2-3-11)10-12-4-5-12/h6-8,11-12H,2-5,9-10,16H2,1H3. The summed E-state index contributed by atoms with van der Waals surface area (Å²) >= 11 is 0. The number of sulfonamides is 1. The predicted molar refractivity (Wildman–Crippen MR) is 81.6 cm³/mol. The third-order valence-corrected chi connectivity index (χ3v) is 6.06. The molecule has 116 valence electrons. The highest BCUT2D eigenvalue weighted by molar-refractivity contribution is 7.89. The van der Waals surface area contributed by atoms with E-state index in [0.717, 1.165) is 25.7 Å². The van der Waals surface area contributed by atoms with Crippen molar-refractivity contribution in [2.24, 2.45) is 11.8 Å². The van der Waals surface area contributed by atoms with Crippen molar-refractivity contribution in [1.29, 1.82) is 0 Å². The van der Waals surface area contributed by atoms with Gasteiger partial charge in [0.15, 0.2) is 0 Å². The maximum absolute atomic E-state index is 12.9. The third kappa shape index (κ3) is 3.32. The van der Waals surface area contributed by atoms with Gasteiger partial charge in [-0.15, -0.1) is 0 Å². The topological polar surface area (TPSA) is 72.6 Å². The van der Waals surface area contributed by atoms with E-state index in [1.54, 1.807) is 22.5 Å². The van der Waals surface area contributed by atoms with Gasteiger partial charge in [-0.3, -0.25) is 0 Å². The summed E-state index contributed by atoms with van der Waals surface area (Å²) in [5.74, 6) is 1.62. The lowest BCUT2D eigenvalue weighted by Gasteiger charge is -2.23. The molecular formula is C15H22N2O3S. The molecule has 0 saturated heterocycles. The third-order valence-electron chi connectivity index (χ3n) is 4.15.